The Morgan fingerprint density at radius 1 is 1.47 bits per heavy atom. The Morgan fingerprint density at radius 3 is 2.47 bits per heavy atom. The number of hydrogen-bond donors (Lipinski definition) is 3. The molecule has 2 aliphatic heterocycles. The topological polar surface area (TPSA) is 71.9 Å². The van der Waals surface area contributed by atoms with Gasteiger partial charge in [0.25, 0.3) is 0 Å². The minimum Gasteiger partial charge on any atom is -1.00 e. The van der Waals surface area contributed by atoms with E-state index in [9.17, 15) is 4.79 Å². The zero-order valence-electron chi connectivity index (χ0n) is 8.79. The molecule has 0 spiro atoms. The predicted molar refractivity (Wildman–Crippen MR) is 53.1 cm³/mol. The van der Waals surface area contributed by atoms with Crippen molar-refractivity contribution in [3.8, 4) is 0 Å². The number of fused-ring (bicyclic) bond motifs is 2. The molecule has 2 saturated heterocycles. The lowest BCUT2D eigenvalue weighted by Crippen LogP contribution is -3.15. The van der Waals surface area contributed by atoms with Gasteiger partial charge in [0.1, 0.15) is 0 Å². The van der Waals surface area contributed by atoms with Gasteiger partial charge >= 0.3 is 6.03 Å². The zero-order chi connectivity index (χ0) is 10.1. The maximum atomic E-state index is 11.0. The molecule has 15 heavy (non-hydrogen) atoms. The van der Waals surface area contributed by atoms with Crippen LogP contribution in [-0.4, -0.2) is 30.9 Å². The number of nitrogens with two attached hydrogens (primary N) is 1. The Bertz CT molecular complexity index is 265. The van der Waals surface area contributed by atoms with Gasteiger partial charge in [-0.2, -0.15) is 0 Å². The van der Waals surface area contributed by atoms with E-state index in [-0.39, 0.29) is 12.4 Å². The maximum Gasteiger partial charge on any atom is 0.354 e. The summed E-state index contributed by atoms with van der Waals surface area (Å²) in [6.07, 6.45) is 4.44. The second-order valence-corrected chi connectivity index (χ2v) is 4.25. The van der Waals surface area contributed by atoms with E-state index in [2.05, 4.69) is 12.0 Å². The molecule has 0 radical (unpaired) electrons. The van der Waals surface area contributed by atoms with E-state index in [0.717, 1.165) is 18.6 Å². The Hall–Kier alpha value is -0.650. The summed E-state index contributed by atoms with van der Waals surface area (Å²) in [7, 11) is 2.24. The van der Waals surface area contributed by atoms with Gasteiger partial charge in [0.2, 0.25) is 0 Å². The largest absolute Gasteiger partial charge is 1.00 e. The molecule has 2 aliphatic rings. The van der Waals surface area contributed by atoms with Crippen LogP contribution in [0.1, 0.15) is 25.7 Å². The minimum atomic E-state index is -0.418. The van der Waals surface area contributed by atoms with Crippen molar-refractivity contribution in [3.05, 3.63) is 0 Å². The first-order valence-corrected chi connectivity index (χ1v) is 5.11. The average Bonchev–Trinajstić information content (AvgIpc) is 2.42. The van der Waals surface area contributed by atoms with Gasteiger partial charge in [-0.3, -0.25) is 5.43 Å². The number of nitrogens with zero attached hydrogens (tertiary/aromatic N) is 1. The number of halogens is 1. The molecular formula is C9H17ClN4O. The number of carbonyl (C=O) groups is 1. The molecule has 0 aromatic carbocycles. The summed E-state index contributed by atoms with van der Waals surface area (Å²) in [6, 6.07) is 0.912. The normalized spacial score (nSPS) is 33.2. The standard InChI is InChI=1S/C9H16N4O.ClH/c1-13-7-2-3-8(13)5-6(4-7)11-9(14)12-10;/h7-8H,2-5,10H2,1H3,(H,12,14);1H. The fourth-order valence-electron chi connectivity index (χ4n) is 2.64. The number of amides is 2. The van der Waals surface area contributed by atoms with Crippen LogP contribution in [0.2, 0.25) is 0 Å². The highest BCUT2D eigenvalue weighted by Crippen LogP contribution is 2.20. The lowest BCUT2D eigenvalue weighted by Gasteiger charge is -2.28. The fraction of sp³-hybridized carbons (Fsp3) is 0.778. The summed E-state index contributed by atoms with van der Waals surface area (Å²) in [5, 5.41) is 0. The molecule has 0 saturated carbocycles. The van der Waals surface area contributed by atoms with Crippen molar-refractivity contribution in [1.82, 2.24) is 5.43 Å². The average molecular weight is 233 g/mol. The number of hydrogen-bond acceptors (Lipinski definition) is 2. The van der Waals surface area contributed by atoms with E-state index in [0.29, 0.717) is 12.1 Å². The summed E-state index contributed by atoms with van der Waals surface area (Å²) < 4.78 is 0. The van der Waals surface area contributed by atoms with Crippen molar-refractivity contribution in [2.24, 2.45) is 10.8 Å². The molecular weight excluding hydrogens is 216 g/mol. The Kier molecular flexibility index (Phi) is 4.07. The second kappa shape index (κ2) is 4.92. The first-order valence-electron chi connectivity index (χ1n) is 5.11. The highest BCUT2D eigenvalue weighted by Gasteiger charge is 2.40. The highest BCUT2D eigenvalue weighted by molar-refractivity contribution is 5.95. The monoisotopic (exact) mass is 232 g/mol. The number of hydrazine groups is 1. The number of urea groups is 1. The van der Waals surface area contributed by atoms with Crippen LogP contribution < -0.4 is 28.6 Å². The van der Waals surface area contributed by atoms with E-state index in [1.54, 1.807) is 4.90 Å². The first-order chi connectivity index (χ1) is 6.70. The first kappa shape index (κ1) is 12.4. The van der Waals surface area contributed by atoms with Gasteiger partial charge in [-0.1, -0.05) is 0 Å². The van der Waals surface area contributed by atoms with Crippen LogP contribution >= 0.6 is 0 Å². The molecule has 86 valence electrons. The van der Waals surface area contributed by atoms with Crippen LogP contribution in [0.3, 0.4) is 0 Å². The number of quaternary nitrogens is 1. The van der Waals surface area contributed by atoms with Gasteiger partial charge < -0.3 is 17.3 Å². The number of carbonyl (C=O) groups excluding carboxylic acids is 1. The molecule has 2 heterocycles. The van der Waals surface area contributed by atoms with Crippen molar-refractivity contribution >= 4 is 11.7 Å². The zero-order valence-corrected chi connectivity index (χ0v) is 9.55. The number of nitrogens with one attached hydrogen (secondary N) is 2. The molecule has 0 aromatic rings. The van der Waals surface area contributed by atoms with Crippen molar-refractivity contribution in [2.45, 2.75) is 37.8 Å². The molecule has 2 rings (SSSR count). The summed E-state index contributed by atoms with van der Waals surface area (Å²) in [5.41, 5.74) is 3.06. The Morgan fingerprint density at radius 2 is 2.00 bits per heavy atom. The van der Waals surface area contributed by atoms with Gasteiger partial charge in [-0.05, 0) is 0 Å². The van der Waals surface area contributed by atoms with E-state index >= 15 is 0 Å². The van der Waals surface area contributed by atoms with Crippen LogP contribution in [0.15, 0.2) is 4.99 Å². The molecule has 2 bridgehead atoms. The molecule has 0 aliphatic carbocycles. The van der Waals surface area contributed by atoms with E-state index in [1.807, 2.05) is 5.43 Å². The van der Waals surface area contributed by atoms with Gasteiger partial charge in [-0.25, -0.2) is 15.6 Å². The molecule has 2 unspecified atom stereocenters. The van der Waals surface area contributed by atoms with Gasteiger partial charge in [0.05, 0.1) is 19.1 Å². The van der Waals surface area contributed by atoms with Crippen molar-refractivity contribution in [2.75, 3.05) is 7.05 Å². The van der Waals surface area contributed by atoms with Crippen LogP contribution in [-0.2, 0) is 0 Å². The van der Waals surface area contributed by atoms with Crippen molar-refractivity contribution < 1.29 is 22.1 Å². The second-order valence-electron chi connectivity index (χ2n) is 4.25. The summed E-state index contributed by atoms with van der Waals surface area (Å²) in [6.45, 7) is 0. The minimum absolute atomic E-state index is 0. The Labute approximate surface area is 95.5 Å². The molecule has 2 fully saturated rings. The van der Waals surface area contributed by atoms with E-state index < -0.39 is 6.03 Å². The molecule has 4 N–H and O–H groups in total. The van der Waals surface area contributed by atoms with Gasteiger partial charge in [-0.15, -0.1) is 0 Å². The van der Waals surface area contributed by atoms with Crippen LogP contribution in [0.4, 0.5) is 4.79 Å². The third-order valence-electron chi connectivity index (χ3n) is 3.50. The van der Waals surface area contributed by atoms with Gasteiger partial charge in [0.15, 0.2) is 0 Å². The third kappa shape index (κ3) is 2.48. The molecule has 6 heteroatoms. The maximum absolute atomic E-state index is 11.0. The number of aliphatic imine (C=N–C) groups is 1. The smallest absolute Gasteiger partial charge is 0.354 e. The van der Waals surface area contributed by atoms with Crippen molar-refractivity contribution in [1.29, 1.82) is 0 Å². The van der Waals surface area contributed by atoms with Gasteiger partial charge in [0, 0.05) is 31.4 Å². The number of rotatable bonds is 0. The van der Waals surface area contributed by atoms with E-state index in [4.69, 9.17) is 5.84 Å². The lowest BCUT2D eigenvalue weighted by atomic mass is 10.0. The quantitative estimate of drug-likeness (QED) is 0.226. The van der Waals surface area contributed by atoms with E-state index in [1.165, 1.54) is 12.8 Å². The summed E-state index contributed by atoms with van der Waals surface area (Å²) >= 11 is 0. The van der Waals surface area contributed by atoms with Crippen molar-refractivity contribution in [3.63, 3.8) is 0 Å². The SMILES string of the molecule is C[NH+]1C2CCC1CC(=NC(=O)NN)C2.[Cl-]. The molecule has 5 nitrogen and oxygen atoms in total. The Balaban J connectivity index is 0.00000112. The third-order valence-corrected chi connectivity index (χ3v) is 3.50. The summed E-state index contributed by atoms with van der Waals surface area (Å²) in [5.74, 6) is 4.99. The molecule has 2 atom stereocenters. The van der Waals surface area contributed by atoms with Crippen LogP contribution in [0.25, 0.3) is 0 Å². The molecule has 2 amide bonds. The highest BCUT2D eigenvalue weighted by atomic mass is 35.5. The summed E-state index contributed by atoms with van der Waals surface area (Å²) in [4.78, 5) is 16.5. The fourth-order valence-corrected chi connectivity index (χ4v) is 2.64. The lowest BCUT2D eigenvalue weighted by molar-refractivity contribution is -0.917. The molecule has 0 aromatic heterocycles. The van der Waals surface area contributed by atoms with Crippen LogP contribution in [0.5, 0.6) is 0 Å². The van der Waals surface area contributed by atoms with Crippen LogP contribution in [0, 0.1) is 0 Å². The number of piperidine rings is 1. The predicted octanol–water partition coefficient (Wildman–Crippen LogP) is -4.15.